The number of rotatable bonds is 11. The molecule has 2 unspecified atom stereocenters. The van der Waals surface area contributed by atoms with Crippen LogP contribution in [0.1, 0.15) is 24.0 Å². The third-order valence-corrected chi connectivity index (χ3v) is 6.61. The molecule has 1 heterocycles. The number of aliphatic hydroxyl groups is 1. The Morgan fingerprint density at radius 3 is 2.36 bits per heavy atom. The number of β-amino-alcohol motifs (C(OH)–C–C–N with tert-alkyl or cyclic N) is 1. The Labute approximate surface area is 229 Å². The molecule has 0 amide bonds. The van der Waals surface area contributed by atoms with Crippen LogP contribution in [0.5, 0.6) is 5.75 Å². The van der Waals surface area contributed by atoms with Crippen LogP contribution in [0.25, 0.3) is 0 Å². The Balaban J connectivity index is 0.00000361. The predicted octanol–water partition coefficient (Wildman–Crippen LogP) is 6.56. The van der Waals surface area contributed by atoms with E-state index in [2.05, 4.69) is 17.0 Å². The van der Waals surface area contributed by atoms with E-state index in [0.29, 0.717) is 56.0 Å². The van der Waals surface area contributed by atoms with Crippen LogP contribution >= 0.6 is 35.6 Å². The van der Waals surface area contributed by atoms with Gasteiger partial charge in [0.15, 0.2) is 0 Å². The molecule has 3 aromatic rings. The molecule has 8 heteroatoms. The molecule has 2 atom stereocenters. The number of nitrogens with zero attached hydrogens (tertiary/aromatic N) is 1. The third kappa shape index (κ3) is 8.84. The van der Waals surface area contributed by atoms with E-state index in [0.717, 1.165) is 23.4 Å². The van der Waals surface area contributed by atoms with Crippen molar-refractivity contribution in [1.82, 2.24) is 0 Å². The molecule has 194 valence electrons. The number of anilines is 1. The molecule has 0 aliphatic carbocycles. The highest BCUT2D eigenvalue weighted by Gasteiger charge is 2.27. The normalized spacial score (nSPS) is 17.5. The molecule has 0 spiro atoms. The van der Waals surface area contributed by atoms with Gasteiger partial charge in [-0.3, -0.25) is 0 Å². The number of aliphatic hydroxyl groups excluding tert-OH is 1. The maximum atomic E-state index is 10.4. The average molecular weight is 553 g/mol. The third-order valence-electron chi connectivity index (χ3n) is 5.88. The van der Waals surface area contributed by atoms with Gasteiger partial charge < -0.3 is 24.2 Å². The van der Waals surface area contributed by atoms with Gasteiger partial charge >= 0.3 is 0 Å². The summed E-state index contributed by atoms with van der Waals surface area (Å²) in [7, 11) is 0. The fourth-order valence-corrected chi connectivity index (χ4v) is 4.39. The lowest BCUT2D eigenvalue weighted by atomic mass is 10.0. The van der Waals surface area contributed by atoms with E-state index in [9.17, 15) is 5.11 Å². The molecule has 0 aromatic heterocycles. The molecule has 1 fully saturated rings. The van der Waals surface area contributed by atoms with Crippen LogP contribution in [0.4, 0.5) is 5.69 Å². The number of benzene rings is 3. The molecule has 1 aliphatic rings. The SMILES string of the molecule is Cl.OC1CC(OCc2ccc(Cl)c(Cl)c2)CN(c2ccc(OCCCOCc3ccccc3)cc2)C1. The van der Waals surface area contributed by atoms with Crippen molar-refractivity contribution in [3.63, 3.8) is 0 Å². The van der Waals surface area contributed by atoms with Gasteiger partial charge in [-0.25, -0.2) is 0 Å². The number of hydrogen-bond donors (Lipinski definition) is 1. The number of hydrogen-bond acceptors (Lipinski definition) is 5. The molecular weight excluding hydrogens is 521 g/mol. The molecular formula is C28H32Cl3NO4. The van der Waals surface area contributed by atoms with E-state index < -0.39 is 6.10 Å². The van der Waals surface area contributed by atoms with Gasteiger partial charge in [0, 0.05) is 31.6 Å². The second-order valence-electron chi connectivity index (χ2n) is 8.71. The minimum absolute atomic E-state index is 0. The second kappa shape index (κ2) is 14.7. The van der Waals surface area contributed by atoms with Crippen LogP contribution in [-0.4, -0.2) is 43.6 Å². The van der Waals surface area contributed by atoms with E-state index in [1.165, 1.54) is 5.56 Å². The molecule has 1 N–H and O–H groups in total. The summed E-state index contributed by atoms with van der Waals surface area (Å²) in [6, 6.07) is 23.6. The van der Waals surface area contributed by atoms with Gasteiger partial charge in [0.1, 0.15) is 5.75 Å². The summed E-state index contributed by atoms with van der Waals surface area (Å²) < 4.78 is 17.6. The smallest absolute Gasteiger partial charge is 0.119 e. The monoisotopic (exact) mass is 551 g/mol. The summed E-state index contributed by atoms with van der Waals surface area (Å²) in [6.07, 6.45) is 0.894. The van der Waals surface area contributed by atoms with Gasteiger partial charge in [-0.1, -0.05) is 59.6 Å². The maximum absolute atomic E-state index is 10.4. The van der Waals surface area contributed by atoms with Crippen molar-refractivity contribution in [2.75, 3.05) is 31.2 Å². The lowest BCUT2D eigenvalue weighted by molar-refractivity contribution is -0.00477. The van der Waals surface area contributed by atoms with Crippen LogP contribution in [0.3, 0.4) is 0 Å². The van der Waals surface area contributed by atoms with Crippen molar-refractivity contribution < 1.29 is 19.3 Å². The quantitative estimate of drug-likeness (QED) is 0.273. The van der Waals surface area contributed by atoms with Gasteiger partial charge in [0.25, 0.3) is 0 Å². The average Bonchev–Trinajstić information content (AvgIpc) is 2.87. The summed E-state index contributed by atoms with van der Waals surface area (Å²) in [5.41, 5.74) is 3.16. The summed E-state index contributed by atoms with van der Waals surface area (Å²) in [4.78, 5) is 2.15. The summed E-state index contributed by atoms with van der Waals surface area (Å²) in [5.74, 6) is 0.821. The molecule has 3 aromatic carbocycles. The van der Waals surface area contributed by atoms with Crippen molar-refractivity contribution in [1.29, 1.82) is 0 Å². The maximum Gasteiger partial charge on any atom is 0.119 e. The first-order valence-electron chi connectivity index (χ1n) is 11.9. The molecule has 0 radical (unpaired) electrons. The zero-order valence-electron chi connectivity index (χ0n) is 20.0. The minimum atomic E-state index is -0.450. The van der Waals surface area contributed by atoms with Gasteiger partial charge in [-0.05, 0) is 47.5 Å². The molecule has 36 heavy (non-hydrogen) atoms. The minimum Gasteiger partial charge on any atom is -0.494 e. The van der Waals surface area contributed by atoms with Crippen LogP contribution in [0.2, 0.25) is 10.0 Å². The Kier molecular flexibility index (Phi) is 11.6. The Morgan fingerprint density at radius 1 is 0.833 bits per heavy atom. The van der Waals surface area contributed by atoms with Crippen molar-refractivity contribution in [3.8, 4) is 5.75 Å². The molecule has 1 saturated heterocycles. The molecule has 0 bridgehead atoms. The van der Waals surface area contributed by atoms with E-state index in [-0.39, 0.29) is 18.5 Å². The molecule has 1 aliphatic heterocycles. The van der Waals surface area contributed by atoms with Crippen molar-refractivity contribution >= 4 is 41.3 Å². The standard InChI is InChI=1S/C28H31Cl2NO4.ClH/c29-27-12-7-22(15-28(27)30)20-35-26-16-24(32)17-31(18-26)23-8-10-25(11-9-23)34-14-4-13-33-19-21-5-2-1-3-6-21;/h1-3,5-12,15,24,26,32H,4,13-14,16-20H2;1H. The van der Waals surface area contributed by atoms with Gasteiger partial charge in [-0.15, -0.1) is 12.4 Å². The highest BCUT2D eigenvalue weighted by atomic mass is 35.5. The van der Waals surface area contributed by atoms with Crippen molar-refractivity contribution in [2.24, 2.45) is 0 Å². The Bertz CT molecular complexity index is 1050. The van der Waals surface area contributed by atoms with Crippen LogP contribution in [0.15, 0.2) is 72.8 Å². The van der Waals surface area contributed by atoms with E-state index >= 15 is 0 Å². The fraction of sp³-hybridized carbons (Fsp3) is 0.357. The first-order chi connectivity index (χ1) is 17.1. The van der Waals surface area contributed by atoms with Crippen molar-refractivity contribution in [2.45, 2.75) is 38.3 Å². The van der Waals surface area contributed by atoms with E-state index in [1.807, 2.05) is 54.6 Å². The van der Waals surface area contributed by atoms with Crippen LogP contribution < -0.4 is 9.64 Å². The van der Waals surface area contributed by atoms with Crippen LogP contribution in [-0.2, 0) is 22.7 Å². The predicted molar refractivity (Wildman–Crippen MR) is 148 cm³/mol. The van der Waals surface area contributed by atoms with Gasteiger partial charge in [0.05, 0.1) is 48.7 Å². The van der Waals surface area contributed by atoms with Crippen LogP contribution in [0, 0.1) is 0 Å². The Morgan fingerprint density at radius 2 is 1.61 bits per heavy atom. The lowest BCUT2D eigenvalue weighted by Crippen LogP contribution is -2.46. The summed E-state index contributed by atoms with van der Waals surface area (Å²) >= 11 is 12.1. The zero-order chi connectivity index (χ0) is 24.5. The van der Waals surface area contributed by atoms with Gasteiger partial charge in [-0.2, -0.15) is 0 Å². The van der Waals surface area contributed by atoms with E-state index in [4.69, 9.17) is 37.4 Å². The van der Waals surface area contributed by atoms with Gasteiger partial charge in [0.2, 0.25) is 0 Å². The second-order valence-corrected chi connectivity index (χ2v) is 9.52. The summed E-state index contributed by atoms with van der Waals surface area (Å²) in [6.45, 7) is 3.58. The highest BCUT2D eigenvalue weighted by molar-refractivity contribution is 6.42. The zero-order valence-corrected chi connectivity index (χ0v) is 22.4. The fourth-order valence-electron chi connectivity index (χ4n) is 4.07. The molecule has 5 nitrogen and oxygen atoms in total. The van der Waals surface area contributed by atoms with E-state index in [1.54, 1.807) is 6.07 Å². The number of ether oxygens (including phenoxy) is 3. The number of piperidine rings is 1. The first-order valence-corrected chi connectivity index (χ1v) is 12.7. The lowest BCUT2D eigenvalue weighted by Gasteiger charge is -2.37. The topological polar surface area (TPSA) is 51.2 Å². The Hall–Kier alpha value is -1.99. The molecule has 0 saturated carbocycles. The largest absolute Gasteiger partial charge is 0.494 e. The molecule has 4 rings (SSSR count). The summed E-state index contributed by atoms with van der Waals surface area (Å²) in [5, 5.41) is 11.4. The first kappa shape index (κ1) is 28.6. The van der Waals surface area contributed by atoms with Crippen molar-refractivity contribution in [3.05, 3.63) is 94.0 Å². The highest BCUT2D eigenvalue weighted by Crippen LogP contribution is 2.26. The number of halogens is 3.